The molecule has 1 aliphatic rings. The van der Waals surface area contributed by atoms with Gasteiger partial charge in [0.15, 0.2) is 0 Å². The van der Waals surface area contributed by atoms with Gasteiger partial charge in [0, 0.05) is 33.3 Å². The van der Waals surface area contributed by atoms with Gasteiger partial charge in [-0.2, -0.15) is 15.0 Å². The van der Waals surface area contributed by atoms with Crippen LogP contribution < -0.4 is 15.5 Å². The van der Waals surface area contributed by atoms with Crippen LogP contribution in [-0.4, -0.2) is 53.3 Å². The lowest BCUT2D eigenvalue weighted by atomic mass is 10.0. The molecule has 0 bridgehead atoms. The number of aliphatic hydroxyl groups excluding tert-OH is 1. The lowest BCUT2D eigenvalue weighted by Crippen LogP contribution is -2.41. The molecule has 19 heavy (non-hydrogen) atoms. The fourth-order valence-corrected chi connectivity index (χ4v) is 2.41. The number of hydrogen-bond donors (Lipinski definition) is 2. The van der Waals surface area contributed by atoms with Crippen molar-refractivity contribution in [3.8, 4) is 0 Å². The predicted octanol–water partition coefficient (Wildman–Crippen LogP) is 0.261. The van der Waals surface area contributed by atoms with E-state index in [9.17, 15) is 0 Å². The van der Waals surface area contributed by atoms with Crippen LogP contribution in [0.25, 0.3) is 0 Å². The quantitative estimate of drug-likeness (QED) is 0.807. The molecular formula is C12H22N6O. The number of anilines is 3. The minimum absolute atomic E-state index is 0.183. The number of nitrogens with two attached hydrogens (primary N) is 1. The lowest BCUT2D eigenvalue weighted by molar-refractivity contribution is 0.261. The summed E-state index contributed by atoms with van der Waals surface area (Å²) >= 11 is 0. The summed E-state index contributed by atoms with van der Waals surface area (Å²) in [4.78, 5) is 16.8. The Balaban J connectivity index is 2.27. The highest BCUT2D eigenvalue weighted by Crippen LogP contribution is 2.25. The first-order valence-electron chi connectivity index (χ1n) is 6.68. The van der Waals surface area contributed by atoms with E-state index in [-0.39, 0.29) is 18.6 Å². The Morgan fingerprint density at radius 1 is 1.32 bits per heavy atom. The topological polar surface area (TPSA) is 91.4 Å². The van der Waals surface area contributed by atoms with Gasteiger partial charge in [0.25, 0.3) is 0 Å². The van der Waals surface area contributed by atoms with Crippen molar-refractivity contribution in [1.82, 2.24) is 15.0 Å². The van der Waals surface area contributed by atoms with Gasteiger partial charge in [0.05, 0.1) is 0 Å². The summed E-state index contributed by atoms with van der Waals surface area (Å²) in [5, 5.41) is 9.17. The summed E-state index contributed by atoms with van der Waals surface area (Å²) in [5.41, 5.74) is 5.76. The molecule has 1 aromatic heterocycles. The van der Waals surface area contributed by atoms with Crippen LogP contribution in [-0.2, 0) is 0 Å². The molecule has 1 atom stereocenters. The highest BCUT2D eigenvalue weighted by atomic mass is 16.3. The molecule has 1 unspecified atom stereocenters. The average molecular weight is 266 g/mol. The van der Waals surface area contributed by atoms with Crippen LogP contribution in [0.2, 0.25) is 0 Å². The molecule has 1 fully saturated rings. The Morgan fingerprint density at radius 3 is 2.79 bits per heavy atom. The van der Waals surface area contributed by atoms with E-state index in [0.717, 1.165) is 25.8 Å². The molecule has 2 heterocycles. The third kappa shape index (κ3) is 3.23. The molecule has 2 rings (SSSR count). The first kappa shape index (κ1) is 13.8. The Bertz CT molecular complexity index is 423. The zero-order chi connectivity index (χ0) is 13.8. The molecule has 1 aromatic rings. The van der Waals surface area contributed by atoms with Crippen LogP contribution in [0, 0.1) is 0 Å². The van der Waals surface area contributed by atoms with Crippen LogP contribution in [0.3, 0.4) is 0 Å². The van der Waals surface area contributed by atoms with Crippen molar-refractivity contribution in [3.63, 3.8) is 0 Å². The monoisotopic (exact) mass is 266 g/mol. The normalized spacial score (nSPS) is 19.5. The Kier molecular flexibility index (Phi) is 4.36. The van der Waals surface area contributed by atoms with Crippen molar-refractivity contribution < 1.29 is 5.11 Å². The van der Waals surface area contributed by atoms with Gasteiger partial charge in [0.2, 0.25) is 17.8 Å². The number of rotatable bonds is 4. The van der Waals surface area contributed by atoms with Gasteiger partial charge in [0.1, 0.15) is 0 Å². The average Bonchev–Trinajstić information content (AvgIpc) is 2.39. The molecule has 0 radical (unpaired) electrons. The van der Waals surface area contributed by atoms with Gasteiger partial charge in [-0.3, -0.25) is 0 Å². The Hall–Kier alpha value is -1.63. The van der Waals surface area contributed by atoms with Gasteiger partial charge < -0.3 is 20.6 Å². The van der Waals surface area contributed by atoms with Crippen molar-refractivity contribution >= 4 is 17.8 Å². The van der Waals surface area contributed by atoms with Crippen LogP contribution >= 0.6 is 0 Å². The van der Waals surface area contributed by atoms with E-state index in [2.05, 4.69) is 19.9 Å². The minimum atomic E-state index is 0.183. The molecule has 0 aromatic carbocycles. The number of aliphatic hydroxyl groups is 1. The Morgan fingerprint density at radius 2 is 2.11 bits per heavy atom. The maximum atomic E-state index is 9.17. The van der Waals surface area contributed by atoms with Gasteiger partial charge in [-0.05, 0) is 25.7 Å². The Labute approximate surface area is 113 Å². The summed E-state index contributed by atoms with van der Waals surface area (Å²) < 4.78 is 0. The predicted molar refractivity (Wildman–Crippen MR) is 75.3 cm³/mol. The minimum Gasteiger partial charge on any atom is -0.396 e. The van der Waals surface area contributed by atoms with Crippen molar-refractivity contribution in [2.24, 2.45) is 0 Å². The fraction of sp³-hybridized carbons (Fsp3) is 0.750. The molecule has 0 amide bonds. The highest BCUT2D eigenvalue weighted by molar-refractivity contribution is 5.43. The second-order valence-corrected chi connectivity index (χ2v) is 5.04. The summed E-state index contributed by atoms with van der Waals surface area (Å²) in [5.74, 6) is 1.42. The van der Waals surface area contributed by atoms with Gasteiger partial charge >= 0.3 is 0 Å². The molecule has 7 heteroatoms. The van der Waals surface area contributed by atoms with E-state index < -0.39 is 0 Å². The SMILES string of the molecule is CN(C)c1nc(N)nc(N2CCCCC2CCO)n1. The summed E-state index contributed by atoms with van der Waals surface area (Å²) in [7, 11) is 3.75. The van der Waals surface area contributed by atoms with Crippen LogP contribution in [0.1, 0.15) is 25.7 Å². The van der Waals surface area contributed by atoms with Crippen molar-refractivity contribution in [2.45, 2.75) is 31.7 Å². The smallest absolute Gasteiger partial charge is 0.232 e. The number of nitrogen functional groups attached to an aromatic ring is 1. The zero-order valence-corrected chi connectivity index (χ0v) is 11.6. The van der Waals surface area contributed by atoms with Crippen molar-refractivity contribution in [1.29, 1.82) is 0 Å². The molecule has 1 saturated heterocycles. The second kappa shape index (κ2) is 6.01. The molecule has 106 valence electrons. The molecule has 0 saturated carbocycles. The van der Waals surface area contributed by atoms with Crippen molar-refractivity contribution in [2.75, 3.05) is 42.8 Å². The second-order valence-electron chi connectivity index (χ2n) is 5.04. The van der Waals surface area contributed by atoms with E-state index in [0.29, 0.717) is 11.9 Å². The summed E-state index contributed by atoms with van der Waals surface area (Å²) in [6.45, 7) is 1.09. The lowest BCUT2D eigenvalue weighted by Gasteiger charge is -2.35. The van der Waals surface area contributed by atoms with Crippen LogP contribution in [0.4, 0.5) is 17.8 Å². The van der Waals surface area contributed by atoms with E-state index >= 15 is 0 Å². The van der Waals surface area contributed by atoms with E-state index in [1.54, 1.807) is 0 Å². The first-order valence-corrected chi connectivity index (χ1v) is 6.68. The van der Waals surface area contributed by atoms with Crippen molar-refractivity contribution in [3.05, 3.63) is 0 Å². The van der Waals surface area contributed by atoms with Crippen LogP contribution in [0.5, 0.6) is 0 Å². The summed E-state index contributed by atoms with van der Waals surface area (Å²) in [6, 6.07) is 0.288. The standard InChI is InChI=1S/C12H22N6O/c1-17(2)11-14-10(13)15-12(16-11)18-7-4-3-5-9(18)6-8-19/h9,19H,3-8H2,1-2H3,(H2,13,14,15,16). The molecular weight excluding hydrogens is 244 g/mol. The maximum Gasteiger partial charge on any atom is 0.232 e. The zero-order valence-electron chi connectivity index (χ0n) is 11.6. The van der Waals surface area contributed by atoms with Gasteiger partial charge in [-0.15, -0.1) is 0 Å². The number of nitrogens with zero attached hydrogens (tertiary/aromatic N) is 5. The number of aromatic nitrogens is 3. The third-order valence-corrected chi connectivity index (χ3v) is 3.38. The molecule has 3 N–H and O–H groups in total. The van der Waals surface area contributed by atoms with E-state index in [1.165, 1.54) is 6.42 Å². The van der Waals surface area contributed by atoms with Gasteiger partial charge in [-0.25, -0.2) is 0 Å². The highest BCUT2D eigenvalue weighted by Gasteiger charge is 2.25. The summed E-state index contributed by atoms with van der Waals surface area (Å²) in [6.07, 6.45) is 4.10. The number of piperidine rings is 1. The third-order valence-electron chi connectivity index (χ3n) is 3.38. The van der Waals surface area contributed by atoms with E-state index in [4.69, 9.17) is 10.8 Å². The van der Waals surface area contributed by atoms with Gasteiger partial charge in [-0.1, -0.05) is 0 Å². The molecule has 0 aliphatic carbocycles. The maximum absolute atomic E-state index is 9.17. The number of hydrogen-bond acceptors (Lipinski definition) is 7. The molecule has 1 aliphatic heterocycles. The fourth-order valence-electron chi connectivity index (χ4n) is 2.41. The molecule has 7 nitrogen and oxygen atoms in total. The molecule has 0 spiro atoms. The largest absolute Gasteiger partial charge is 0.396 e. The van der Waals surface area contributed by atoms with Crippen LogP contribution in [0.15, 0.2) is 0 Å². The first-order chi connectivity index (χ1) is 9.11. The van der Waals surface area contributed by atoms with E-state index in [1.807, 2.05) is 19.0 Å².